The Morgan fingerprint density at radius 1 is 1.23 bits per heavy atom. The number of rotatable bonds is 12. The number of aliphatic hydroxyl groups is 2. The zero-order valence-electron chi connectivity index (χ0n) is 22.3. The van der Waals surface area contributed by atoms with Crippen LogP contribution in [0, 0.1) is 5.82 Å². The fraction of sp³-hybridized carbons (Fsp3) is 0.414. The molecule has 3 N–H and O–H groups in total. The average Bonchev–Trinajstić information content (AvgIpc) is 3.35. The van der Waals surface area contributed by atoms with Gasteiger partial charge in [-0.25, -0.2) is 4.39 Å². The first-order valence-corrected chi connectivity index (χ1v) is 13.0. The smallest absolute Gasteiger partial charge is 0.247 e. The number of nitrogens with zero attached hydrogens (tertiary/aromatic N) is 1. The molecular weight excluding hydrogens is 523 g/mol. The van der Waals surface area contributed by atoms with Gasteiger partial charge in [0, 0.05) is 36.9 Å². The van der Waals surface area contributed by atoms with Crippen molar-refractivity contribution < 1.29 is 43.2 Å². The molecule has 10 nitrogen and oxygen atoms in total. The minimum absolute atomic E-state index is 0.0117. The molecule has 0 saturated carbocycles. The minimum Gasteiger partial charge on any atom is -0.493 e. The second-order valence-corrected chi connectivity index (χ2v) is 9.61. The number of benzene rings is 2. The van der Waals surface area contributed by atoms with Crippen molar-refractivity contribution in [3.8, 4) is 11.5 Å². The van der Waals surface area contributed by atoms with Gasteiger partial charge in [-0.2, -0.15) is 0 Å². The van der Waals surface area contributed by atoms with Crippen LogP contribution in [-0.2, 0) is 20.7 Å². The normalized spacial score (nSPS) is 21.0. The van der Waals surface area contributed by atoms with Crippen molar-refractivity contribution >= 4 is 18.1 Å². The summed E-state index contributed by atoms with van der Waals surface area (Å²) in [5.41, 5.74) is 1.67. The summed E-state index contributed by atoms with van der Waals surface area (Å²) in [6.45, 7) is -0.0308. The molecule has 0 aromatic heterocycles. The first-order valence-electron chi connectivity index (χ1n) is 13.0. The Labute approximate surface area is 231 Å². The summed E-state index contributed by atoms with van der Waals surface area (Å²) >= 11 is 0. The van der Waals surface area contributed by atoms with E-state index in [0.29, 0.717) is 35.1 Å². The van der Waals surface area contributed by atoms with Crippen LogP contribution in [0.2, 0.25) is 0 Å². The van der Waals surface area contributed by atoms with Gasteiger partial charge in [-0.3, -0.25) is 14.4 Å². The molecule has 2 amide bonds. The van der Waals surface area contributed by atoms with Gasteiger partial charge in [0.05, 0.1) is 38.7 Å². The summed E-state index contributed by atoms with van der Waals surface area (Å²) < 4.78 is 30.5. The predicted molar refractivity (Wildman–Crippen MR) is 142 cm³/mol. The molecule has 11 heteroatoms. The molecule has 1 aliphatic heterocycles. The third kappa shape index (κ3) is 6.01. The van der Waals surface area contributed by atoms with E-state index in [1.807, 2.05) is 0 Å². The van der Waals surface area contributed by atoms with Gasteiger partial charge in [-0.15, -0.1) is 0 Å². The number of amides is 2. The Bertz CT molecular complexity index is 1280. The second-order valence-electron chi connectivity index (χ2n) is 9.61. The molecule has 0 fully saturated rings. The van der Waals surface area contributed by atoms with E-state index < -0.39 is 35.9 Å². The van der Waals surface area contributed by atoms with Gasteiger partial charge in [0.2, 0.25) is 11.8 Å². The molecule has 0 saturated heterocycles. The highest BCUT2D eigenvalue weighted by Gasteiger charge is 2.51. The maximum absolute atomic E-state index is 13.8. The first kappa shape index (κ1) is 29.2. The third-order valence-electron chi connectivity index (χ3n) is 7.14. The Balaban J connectivity index is 1.76. The molecule has 2 aromatic carbocycles. The molecule has 4 rings (SSSR count). The highest BCUT2D eigenvalue weighted by atomic mass is 19.1. The van der Waals surface area contributed by atoms with E-state index in [-0.39, 0.29) is 50.0 Å². The molecule has 2 aliphatic rings. The molecule has 0 bridgehead atoms. The van der Waals surface area contributed by atoms with Crippen LogP contribution in [0.25, 0.3) is 0 Å². The van der Waals surface area contributed by atoms with Crippen LogP contribution in [-0.4, -0.2) is 92.0 Å². The van der Waals surface area contributed by atoms with Gasteiger partial charge in [-0.1, -0.05) is 12.1 Å². The SMILES string of the molecule is COCCC(=O)N(CCc1cccc(F)c1)C1C=C(C(=O)NCCO)C2c3cc(C=O)cc(OC)c3OC2C1O. The summed E-state index contributed by atoms with van der Waals surface area (Å²) in [7, 11) is 2.89. The lowest BCUT2D eigenvalue weighted by molar-refractivity contribution is -0.138. The molecule has 0 radical (unpaired) electrons. The van der Waals surface area contributed by atoms with Crippen molar-refractivity contribution in [1.29, 1.82) is 0 Å². The van der Waals surface area contributed by atoms with E-state index in [9.17, 15) is 29.0 Å². The van der Waals surface area contributed by atoms with Crippen LogP contribution < -0.4 is 14.8 Å². The number of carbonyl (C=O) groups excluding carboxylic acids is 3. The van der Waals surface area contributed by atoms with E-state index in [1.165, 1.54) is 43.4 Å². The predicted octanol–water partition coefficient (Wildman–Crippen LogP) is 1.38. The largest absolute Gasteiger partial charge is 0.493 e. The van der Waals surface area contributed by atoms with E-state index in [0.717, 1.165) is 0 Å². The van der Waals surface area contributed by atoms with Gasteiger partial charge in [-0.05, 0) is 42.3 Å². The van der Waals surface area contributed by atoms with Gasteiger partial charge in [0.25, 0.3) is 0 Å². The van der Waals surface area contributed by atoms with Crippen molar-refractivity contribution in [1.82, 2.24) is 10.2 Å². The minimum atomic E-state index is -1.27. The summed E-state index contributed by atoms with van der Waals surface area (Å²) in [4.78, 5) is 39.8. The number of halogens is 1. The third-order valence-corrected chi connectivity index (χ3v) is 7.14. The van der Waals surface area contributed by atoms with Crippen LogP contribution in [0.4, 0.5) is 4.39 Å². The lowest BCUT2D eigenvalue weighted by atomic mass is 9.77. The van der Waals surface area contributed by atoms with Crippen molar-refractivity contribution in [3.63, 3.8) is 0 Å². The van der Waals surface area contributed by atoms with Gasteiger partial charge >= 0.3 is 0 Å². The summed E-state index contributed by atoms with van der Waals surface area (Å²) in [5.74, 6) is -1.45. The topological polar surface area (TPSA) is 135 Å². The molecule has 40 heavy (non-hydrogen) atoms. The lowest BCUT2D eigenvalue weighted by Gasteiger charge is -2.40. The number of aldehydes is 1. The molecule has 4 atom stereocenters. The number of carbonyl (C=O) groups is 3. The standard InChI is InChI=1S/C29H33FN2O8/c1-38-11-7-24(35)32(9-6-17-4-3-5-19(30)12-17)22-15-21(29(37)31-8-10-33)25-20-13-18(16-34)14-23(39-2)27(20)40-28(25)26(22)36/h3-5,12-16,22,25-26,28,33,36H,6-11H2,1-2H3,(H,31,37). The molecule has 1 heterocycles. The van der Waals surface area contributed by atoms with E-state index in [4.69, 9.17) is 14.2 Å². The Morgan fingerprint density at radius 2 is 2.02 bits per heavy atom. The maximum Gasteiger partial charge on any atom is 0.247 e. The molecule has 2 aromatic rings. The highest BCUT2D eigenvalue weighted by Crippen LogP contribution is 2.51. The summed E-state index contributed by atoms with van der Waals surface area (Å²) in [6, 6.07) is 8.14. The van der Waals surface area contributed by atoms with Crippen molar-refractivity contribution in [2.24, 2.45) is 0 Å². The Hall–Kier alpha value is -3.80. The van der Waals surface area contributed by atoms with Crippen molar-refractivity contribution in [2.45, 2.75) is 37.0 Å². The number of fused-ring (bicyclic) bond motifs is 3. The molecule has 4 unspecified atom stereocenters. The zero-order chi connectivity index (χ0) is 28.8. The number of nitrogens with one attached hydrogen (secondary N) is 1. The second kappa shape index (κ2) is 13.0. The van der Waals surface area contributed by atoms with Crippen LogP contribution in [0.1, 0.15) is 33.8 Å². The van der Waals surface area contributed by atoms with Gasteiger partial charge in [0.15, 0.2) is 11.5 Å². The van der Waals surface area contributed by atoms with E-state index in [1.54, 1.807) is 18.2 Å². The van der Waals surface area contributed by atoms with Crippen molar-refractivity contribution in [3.05, 3.63) is 70.6 Å². The molecular formula is C29H33FN2O8. The number of hydrogen-bond donors (Lipinski definition) is 3. The fourth-order valence-corrected chi connectivity index (χ4v) is 5.27. The molecule has 214 valence electrons. The average molecular weight is 557 g/mol. The maximum atomic E-state index is 13.8. The monoisotopic (exact) mass is 556 g/mol. The summed E-state index contributed by atoms with van der Waals surface area (Å²) in [6.07, 6.45) is 0.251. The lowest BCUT2D eigenvalue weighted by Crippen LogP contribution is -2.56. The number of aliphatic hydroxyl groups excluding tert-OH is 2. The number of hydrogen-bond acceptors (Lipinski definition) is 8. The Morgan fingerprint density at radius 3 is 2.70 bits per heavy atom. The van der Waals surface area contributed by atoms with E-state index in [2.05, 4.69) is 5.32 Å². The number of ether oxygens (including phenoxy) is 3. The quantitative estimate of drug-likeness (QED) is 0.334. The van der Waals surface area contributed by atoms with Crippen LogP contribution in [0.5, 0.6) is 11.5 Å². The molecule has 1 aliphatic carbocycles. The fourth-order valence-electron chi connectivity index (χ4n) is 5.27. The van der Waals surface area contributed by atoms with E-state index >= 15 is 0 Å². The van der Waals surface area contributed by atoms with Gasteiger partial charge in [0.1, 0.15) is 24.3 Å². The van der Waals surface area contributed by atoms with Crippen molar-refractivity contribution in [2.75, 3.05) is 40.5 Å². The van der Waals surface area contributed by atoms with Gasteiger partial charge < -0.3 is 34.6 Å². The Kier molecular flexibility index (Phi) is 9.51. The van der Waals surface area contributed by atoms with Crippen LogP contribution in [0.3, 0.4) is 0 Å². The zero-order valence-corrected chi connectivity index (χ0v) is 22.3. The number of methoxy groups -OCH3 is 2. The van der Waals surface area contributed by atoms with Crippen LogP contribution in [0.15, 0.2) is 48.0 Å². The highest BCUT2D eigenvalue weighted by molar-refractivity contribution is 5.96. The summed E-state index contributed by atoms with van der Waals surface area (Å²) in [5, 5.41) is 23.6. The van der Waals surface area contributed by atoms with Crippen LogP contribution >= 0.6 is 0 Å². The first-order chi connectivity index (χ1) is 19.3. The molecule has 0 spiro atoms.